The normalized spacial score (nSPS) is 16.1. The fourth-order valence-electron chi connectivity index (χ4n) is 3.32. The van der Waals surface area contributed by atoms with E-state index < -0.39 is 0 Å². The quantitative estimate of drug-likeness (QED) is 0.846. The number of aromatic nitrogens is 1. The van der Waals surface area contributed by atoms with E-state index in [9.17, 15) is 4.79 Å². The molecule has 1 N–H and O–H groups in total. The minimum atomic E-state index is -0.182. The fourth-order valence-corrected chi connectivity index (χ4v) is 3.32. The number of ether oxygens (including phenoxy) is 2. The van der Waals surface area contributed by atoms with Crippen molar-refractivity contribution in [3.63, 3.8) is 0 Å². The van der Waals surface area contributed by atoms with Crippen LogP contribution >= 0.6 is 0 Å². The monoisotopic (exact) mass is 370 g/mol. The number of methoxy groups -OCH3 is 2. The average molecular weight is 370 g/mol. The van der Waals surface area contributed by atoms with E-state index in [1.54, 1.807) is 17.0 Å². The topological polar surface area (TPSA) is 66.9 Å². The number of anilines is 2. The zero-order chi connectivity index (χ0) is 19.2. The molecule has 0 aliphatic carbocycles. The Labute approximate surface area is 159 Å². The molecular weight excluding hydrogens is 344 g/mol. The van der Waals surface area contributed by atoms with Crippen molar-refractivity contribution in [1.82, 2.24) is 9.88 Å². The summed E-state index contributed by atoms with van der Waals surface area (Å²) >= 11 is 0. The first-order valence-electron chi connectivity index (χ1n) is 9.02. The van der Waals surface area contributed by atoms with Crippen LogP contribution in [0.4, 0.5) is 16.2 Å². The van der Waals surface area contributed by atoms with Gasteiger partial charge in [0.2, 0.25) is 11.8 Å². The van der Waals surface area contributed by atoms with E-state index in [1.807, 2.05) is 13.1 Å². The molecule has 144 valence electrons. The van der Waals surface area contributed by atoms with Crippen LogP contribution in [0.3, 0.4) is 0 Å². The van der Waals surface area contributed by atoms with E-state index in [0.717, 1.165) is 19.5 Å². The molecule has 1 aliphatic rings. The van der Waals surface area contributed by atoms with Gasteiger partial charge in [0.15, 0.2) is 0 Å². The van der Waals surface area contributed by atoms with Crippen molar-refractivity contribution in [2.45, 2.75) is 6.42 Å². The van der Waals surface area contributed by atoms with E-state index in [2.05, 4.69) is 39.5 Å². The zero-order valence-corrected chi connectivity index (χ0v) is 16.0. The molecular formula is C20H26N4O3. The number of carbonyl (C=O) groups excluding carboxylic acids is 1. The van der Waals surface area contributed by atoms with Gasteiger partial charge in [-0.3, -0.25) is 0 Å². The molecule has 2 aromatic rings. The Morgan fingerprint density at radius 1 is 1.22 bits per heavy atom. The second-order valence-electron chi connectivity index (χ2n) is 6.66. The van der Waals surface area contributed by atoms with Gasteiger partial charge in [-0.1, -0.05) is 18.2 Å². The smallest absolute Gasteiger partial charge is 0.321 e. The number of nitrogens with one attached hydrogen (secondary N) is 1. The molecule has 0 spiro atoms. The van der Waals surface area contributed by atoms with Crippen LogP contribution in [0.1, 0.15) is 6.42 Å². The maximum atomic E-state index is 12.6. The van der Waals surface area contributed by atoms with Crippen molar-refractivity contribution in [1.29, 1.82) is 0 Å². The molecule has 1 atom stereocenters. The van der Waals surface area contributed by atoms with Crippen molar-refractivity contribution in [3.05, 3.63) is 42.5 Å². The van der Waals surface area contributed by atoms with Gasteiger partial charge in [0.25, 0.3) is 0 Å². The number of urea groups is 1. The largest absolute Gasteiger partial charge is 0.481 e. The van der Waals surface area contributed by atoms with Crippen molar-refractivity contribution < 1.29 is 14.3 Å². The molecule has 2 heterocycles. The van der Waals surface area contributed by atoms with Crippen LogP contribution in [0, 0.1) is 5.92 Å². The predicted molar refractivity (Wildman–Crippen MR) is 106 cm³/mol. The van der Waals surface area contributed by atoms with Gasteiger partial charge in [-0.15, -0.1) is 0 Å². The first-order valence-corrected chi connectivity index (χ1v) is 9.02. The van der Waals surface area contributed by atoms with E-state index in [-0.39, 0.29) is 6.03 Å². The maximum absolute atomic E-state index is 12.6. The van der Waals surface area contributed by atoms with Gasteiger partial charge in [-0.25, -0.2) is 4.79 Å². The second kappa shape index (κ2) is 8.62. The van der Waals surface area contributed by atoms with Gasteiger partial charge in [0.05, 0.1) is 14.2 Å². The summed E-state index contributed by atoms with van der Waals surface area (Å²) in [6, 6.07) is 13.6. The Kier molecular flexibility index (Phi) is 6.01. The molecule has 7 heteroatoms. The van der Waals surface area contributed by atoms with Crippen LogP contribution in [-0.4, -0.2) is 56.8 Å². The Bertz CT molecular complexity index is 769. The minimum Gasteiger partial charge on any atom is -0.481 e. The molecule has 0 saturated carbocycles. The van der Waals surface area contributed by atoms with Crippen molar-refractivity contribution in [3.8, 4) is 11.8 Å². The summed E-state index contributed by atoms with van der Waals surface area (Å²) in [5, 5.41) is 2.86. The highest BCUT2D eigenvalue weighted by Gasteiger charge is 2.25. The molecule has 1 unspecified atom stereocenters. The molecule has 1 aromatic heterocycles. The molecule has 1 aliphatic heterocycles. The highest BCUT2D eigenvalue weighted by molar-refractivity contribution is 5.90. The number of rotatable bonds is 6. The number of para-hydroxylation sites is 1. The number of nitrogens with zero attached hydrogens (tertiary/aromatic N) is 3. The lowest BCUT2D eigenvalue weighted by Gasteiger charge is -2.23. The first-order chi connectivity index (χ1) is 13.1. The summed E-state index contributed by atoms with van der Waals surface area (Å²) in [5.74, 6) is 1.20. The molecule has 3 rings (SSSR count). The second-order valence-corrected chi connectivity index (χ2v) is 6.66. The third-order valence-corrected chi connectivity index (χ3v) is 4.76. The molecule has 1 aromatic carbocycles. The Morgan fingerprint density at radius 3 is 2.70 bits per heavy atom. The molecule has 1 saturated heterocycles. The third-order valence-electron chi connectivity index (χ3n) is 4.76. The number of hydrogen-bond acceptors (Lipinski definition) is 5. The number of carbonyl (C=O) groups is 1. The number of hydrogen-bond donors (Lipinski definition) is 1. The maximum Gasteiger partial charge on any atom is 0.321 e. The van der Waals surface area contributed by atoms with Crippen molar-refractivity contribution in [2.24, 2.45) is 5.92 Å². The van der Waals surface area contributed by atoms with Crippen molar-refractivity contribution in [2.75, 3.05) is 51.1 Å². The summed E-state index contributed by atoms with van der Waals surface area (Å²) < 4.78 is 10.3. The Balaban J connectivity index is 1.55. The lowest BCUT2D eigenvalue weighted by atomic mass is 10.1. The molecule has 0 bridgehead atoms. The number of benzene rings is 1. The van der Waals surface area contributed by atoms with E-state index >= 15 is 0 Å². The highest BCUT2D eigenvalue weighted by Crippen LogP contribution is 2.26. The van der Waals surface area contributed by atoms with Crippen LogP contribution < -0.4 is 19.7 Å². The van der Waals surface area contributed by atoms with Crippen LogP contribution in [0.5, 0.6) is 11.8 Å². The fraction of sp³-hybridized carbons (Fsp3) is 0.400. The predicted octanol–water partition coefficient (Wildman–Crippen LogP) is 3.09. The Hall–Kier alpha value is -2.96. The number of pyridine rings is 1. The van der Waals surface area contributed by atoms with E-state index in [1.165, 1.54) is 19.9 Å². The summed E-state index contributed by atoms with van der Waals surface area (Å²) in [6.07, 6.45) is 1.07. The molecule has 2 amide bonds. The lowest BCUT2D eigenvalue weighted by Crippen LogP contribution is -2.36. The van der Waals surface area contributed by atoms with Crippen LogP contribution in [0.15, 0.2) is 42.5 Å². The van der Waals surface area contributed by atoms with E-state index in [4.69, 9.17) is 9.47 Å². The molecule has 7 nitrogen and oxygen atoms in total. The standard InChI is InChI=1S/C20H26N4O3/c1-23(13-15-11-12-24(14-15)16-7-5-4-6-8-16)20(25)21-17-9-10-18(26-2)22-19(17)27-3/h4-10,15H,11-14H2,1-3H3,(H,21,25). The van der Waals surface area contributed by atoms with Gasteiger partial charge < -0.3 is 24.6 Å². The summed E-state index contributed by atoms with van der Waals surface area (Å²) in [7, 11) is 4.86. The van der Waals surface area contributed by atoms with Gasteiger partial charge in [0.1, 0.15) is 5.69 Å². The third kappa shape index (κ3) is 4.61. The van der Waals surface area contributed by atoms with Gasteiger partial charge in [-0.2, -0.15) is 4.98 Å². The number of amides is 2. The van der Waals surface area contributed by atoms with Gasteiger partial charge in [-0.05, 0) is 30.5 Å². The van der Waals surface area contributed by atoms with Crippen LogP contribution in [0.2, 0.25) is 0 Å². The summed E-state index contributed by atoms with van der Waals surface area (Å²) in [6.45, 7) is 2.66. The SMILES string of the molecule is COc1ccc(NC(=O)N(C)CC2CCN(c3ccccc3)C2)c(OC)n1. The van der Waals surface area contributed by atoms with Crippen LogP contribution in [-0.2, 0) is 0 Å². The Morgan fingerprint density at radius 2 is 2.00 bits per heavy atom. The molecule has 0 radical (unpaired) electrons. The first kappa shape index (κ1) is 18.8. The summed E-state index contributed by atoms with van der Waals surface area (Å²) in [5.41, 5.74) is 1.76. The minimum absolute atomic E-state index is 0.182. The average Bonchev–Trinajstić information content (AvgIpc) is 3.17. The summed E-state index contributed by atoms with van der Waals surface area (Å²) in [4.78, 5) is 20.8. The van der Waals surface area contributed by atoms with Gasteiger partial charge in [0, 0.05) is 38.4 Å². The molecule has 27 heavy (non-hydrogen) atoms. The van der Waals surface area contributed by atoms with Crippen molar-refractivity contribution >= 4 is 17.4 Å². The van der Waals surface area contributed by atoms with Gasteiger partial charge >= 0.3 is 6.03 Å². The molecule has 1 fully saturated rings. The van der Waals surface area contributed by atoms with Crippen LogP contribution in [0.25, 0.3) is 0 Å². The highest BCUT2D eigenvalue weighted by atomic mass is 16.5. The lowest BCUT2D eigenvalue weighted by molar-refractivity contribution is 0.215. The zero-order valence-electron chi connectivity index (χ0n) is 16.0. The van der Waals surface area contributed by atoms with E-state index in [0.29, 0.717) is 29.9 Å².